The molecule has 6 atom stereocenters. The molecule has 54 heavy (non-hydrogen) atoms. The average Bonchev–Trinajstić information content (AvgIpc) is 3.52. The van der Waals surface area contributed by atoms with Crippen molar-refractivity contribution in [2.45, 2.75) is 87.4 Å². The number of anilines is 1. The van der Waals surface area contributed by atoms with Crippen LogP contribution in [0.15, 0.2) is 48.3 Å². The number of alkyl halides is 3. The number of hydrogen-bond donors (Lipinski definition) is 1. The molecule has 0 saturated carbocycles. The summed E-state index contributed by atoms with van der Waals surface area (Å²) >= 11 is 6.41. The lowest BCUT2D eigenvalue weighted by Crippen LogP contribution is -2.58. The van der Waals surface area contributed by atoms with E-state index in [-0.39, 0.29) is 31.7 Å². The van der Waals surface area contributed by atoms with Crippen LogP contribution < -0.4 is 14.4 Å². The predicted octanol–water partition coefficient (Wildman–Crippen LogP) is 5.78. The van der Waals surface area contributed by atoms with Gasteiger partial charge in [0.05, 0.1) is 30.7 Å². The van der Waals surface area contributed by atoms with Gasteiger partial charge in [-0.25, -0.2) is 17.5 Å². The molecule has 0 radical (unpaired) electrons. The average molecular weight is 797 g/mol. The fourth-order valence-electron chi connectivity index (χ4n) is 8.73. The van der Waals surface area contributed by atoms with E-state index in [4.69, 9.17) is 21.1 Å². The number of aryl methyl sites for hydroxylation is 1. The van der Waals surface area contributed by atoms with Crippen LogP contribution in [0, 0.1) is 5.92 Å². The molecule has 5 aliphatic rings. The Kier molecular flexibility index (Phi) is 10.7. The van der Waals surface area contributed by atoms with E-state index in [0.717, 1.165) is 35.3 Å². The first-order valence-corrected chi connectivity index (χ1v) is 20.4. The Morgan fingerprint density at radius 3 is 2.65 bits per heavy atom. The van der Waals surface area contributed by atoms with Gasteiger partial charge in [0, 0.05) is 41.7 Å². The van der Waals surface area contributed by atoms with E-state index in [9.17, 15) is 31.2 Å². The fourth-order valence-corrected chi connectivity index (χ4v) is 10.2. The molecule has 10 nitrogen and oxygen atoms in total. The number of hydrogen-bond acceptors (Lipinski definition) is 8. The summed E-state index contributed by atoms with van der Waals surface area (Å²) in [5.41, 5.74) is 2.33. The molecule has 0 aromatic heterocycles. The van der Waals surface area contributed by atoms with E-state index in [1.807, 2.05) is 18.2 Å². The molecule has 294 valence electrons. The Hall–Kier alpha value is -3.40. The molecule has 2 amide bonds. The van der Waals surface area contributed by atoms with Crippen LogP contribution in [0.5, 0.6) is 5.75 Å². The lowest BCUT2D eigenvalue weighted by molar-refractivity contribution is -0.236. The largest absolute Gasteiger partial charge is 0.490 e. The van der Waals surface area contributed by atoms with Gasteiger partial charge in [-0.2, -0.15) is 13.2 Å². The van der Waals surface area contributed by atoms with Crippen LogP contribution in [-0.2, 0) is 31.4 Å². The molecule has 4 aliphatic heterocycles. The summed E-state index contributed by atoms with van der Waals surface area (Å²) in [5.74, 6) is -2.68. The Bertz CT molecular complexity index is 1930. The first-order chi connectivity index (χ1) is 25.6. The van der Waals surface area contributed by atoms with Gasteiger partial charge < -0.3 is 19.3 Å². The van der Waals surface area contributed by atoms with Crippen molar-refractivity contribution in [3.05, 3.63) is 70.0 Å². The SMILES string of the molecule is C[C@@H]1[C@@H](C)C/C=C(\F)[C@H](C(=O)N2CCOC(C(F)(F)F)C2)N2CCC[C@H]2CN2C[C@@]3(CCCc4cc(Cl)ccc43)COc3ccc(cc32)C(=O)NS1(=O)=O. The summed E-state index contributed by atoms with van der Waals surface area (Å²) in [6.45, 7) is 3.07. The molecule has 4 heterocycles. The smallest absolute Gasteiger partial charge is 0.416 e. The molecule has 2 fully saturated rings. The second-order valence-corrected chi connectivity index (χ2v) is 17.9. The molecule has 1 aliphatic carbocycles. The maximum absolute atomic E-state index is 16.7. The maximum atomic E-state index is 16.7. The molecule has 2 aromatic rings. The molecule has 16 heteroatoms. The zero-order valence-electron chi connectivity index (χ0n) is 30.2. The van der Waals surface area contributed by atoms with Gasteiger partial charge in [0.2, 0.25) is 15.9 Å². The third kappa shape index (κ3) is 7.57. The van der Waals surface area contributed by atoms with E-state index < -0.39 is 75.2 Å². The molecule has 1 unspecified atom stereocenters. The van der Waals surface area contributed by atoms with Gasteiger partial charge in [-0.05, 0) is 99.4 Å². The minimum absolute atomic E-state index is 0.104. The van der Waals surface area contributed by atoms with Gasteiger partial charge in [0.15, 0.2) is 6.10 Å². The maximum Gasteiger partial charge on any atom is 0.416 e. The van der Waals surface area contributed by atoms with Crippen molar-refractivity contribution < 1.29 is 45.0 Å². The zero-order chi connectivity index (χ0) is 38.6. The third-order valence-corrected chi connectivity index (χ3v) is 14.1. The molecular formula is C38H45ClF4N4O6S. The van der Waals surface area contributed by atoms with E-state index in [2.05, 4.69) is 9.62 Å². The number of ether oxygens (including phenoxy) is 2. The van der Waals surface area contributed by atoms with E-state index >= 15 is 4.39 Å². The van der Waals surface area contributed by atoms with Crippen molar-refractivity contribution >= 4 is 39.1 Å². The summed E-state index contributed by atoms with van der Waals surface area (Å²) in [4.78, 5) is 32.7. The number of benzene rings is 2. The number of carbonyl (C=O) groups excluding carboxylic acids is 2. The van der Waals surface area contributed by atoms with Gasteiger partial charge in [-0.3, -0.25) is 14.5 Å². The molecule has 1 spiro atoms. The van der Waals surface area contributed by atoms with E-state index in [1.165, 1.54) is 19.1 Å². The number of nitrogens with zero attached hydrogens (tertiary/aromatic N) is 3. The highest BCUT2D eigenvalue weighted by molar-refractivity contribution is 7.90. The highest BCUT2D eigenvalue weighted by Crippen LogP contribution is 2.45. The minimum atomic E-state index is -4.71. The lowest BCUT2D eigenvalue weighted by atomic mass is 9.70. The Labute approximate surface area is 317 Å². The number of morpholine rings is 1. The number of carbonyl (C=O) groups is 2. The van der Waals surface area contributed by atoms with Crippen molar-refractivity contribution in [3.63, 3.8) is 0 Å². The number of amides is 2. The van der Waals surface area contributed by atoms with Crippen LogP contribution in [0.25, 0.3) is 0 Å². The Morgan fingerprint density at radius 2 is 1.87 bits per heavy atom. The number of allylic oxidation sites excluding steroid dienone is 1. The quantitative estimate of drug-likeness (QED) is 0.363. The first-order valence-electron chi connectivity index (χ1n) is 18.5. The van der Waals surface area contributed by atoms with Gasteiger partial charge in [-0.15, -0.1) is 0 Å². The number of sulfonamides is 1. The topological polar surface area (TPSA) is 108 Å². The van der Waals surface area contributed by atoms with E-state index in [1.54, 1.807) is 24.0 Å². The second kappa shape index (κ2) is 14.9. The summed E-state index contributed by atoms with van der Waals surface area (Å²) in [5, 5.41) is -0.517. The molecule has 2 saturated heterocycles. The normalized spacial score (nSPS) is 31.7. The van der Waals surface area contributed by atoms with Crippen LogP contribution in [0.4, 0.5) is 23.2 Å². The zero-order valence-corrected chi connectivity index (χ0v) is 31.8. The van der Waals surface area contributed by atoms with Crippen molar-refractivity contribution in [3.8, 4) is 5.75 Å². The van der Waals surface area contributed by atoms with Gasteiger partial charge >= 0.3 is 6.18 Å². The summed E-state index contributed by atoms with van der Waals surface area (Å²) in [6.07, 6.45) is -2.19. The predicted molar refractivity (Wildman–Crippen MR) is 195 cm³/mol. The van der Waals surface area contributed by atoms with Crippen molar-refractivity contribution in [1.29, 1.82) is 0 Å². The number of nitrogens with one attached hydrogen (secondary N) is 1. The van der Waals surface area contributed by atoms with Gasteiger partial charge in [0.1, 0.15) is 17.6 Å². The molecule has 2 aromatic carbocycles. The van der Waals surface area contributed by atoms with Crippen molar-refractivity contribution in [2.24, 2.45) is 5.92 Å². The monoisotopic (exact) mass is 796 g/mol. The van der Waals surface area contributed by atoms with Crippen LogP contribution in [0.1, 0.15) is 67.4 Å². The van der Waals surface area contributed by atoms with Gasteiger partial charge in [0.25, 0.3) is 5.91 Å². The lowest BCUT2D eigenvalue weighted by Gasteiger charge is -2.43. The highest BCUT2D eigenvalue weighted by atomic mass is 35.5. The first kappa shape index (κ1) is 38.9. The fraction of sp³-hybridized carbons (Fsp3) is 0.579. The highest BCUT2D eigenvalue weighted by Gasteiger charge is 2.48. The number of rotatable bonds is 1. The summed E-state index contributed by atoms with van der Waals surface area (Å²) in [6, 6.07) is 8.67. The van der Waals surface area contributed by atoms with Crippen LogP contribution in [-0.4, -0.2) is 106 Å². The summed E-state index contributed by atoms with van der Waals surface area (Å²) in [7, 11) is -4.25. The Morgan fingerprint density at radius 1 is 1.07 bits per heavy atom. The molecule has 2 bridgehead atoms. The Balaban J connectivity index is 1.33. The number of halogens is 5. The second-order valence-electron chi connectivity index (χ2n) is 15.4. The number of fused-ring (bicyclic) bond motifs is 4. The molecule has 1 N–H and O–H groups in total. The summed E-state index contributed by atoms with van der Waals surface area (Å²) < 4.78 is 98.6. The minimum Gasteiger partial charge on any atom is -0.490 e. The van der Waals surface area contributed by atoms with Crippen LogP contribution >= 0.6 is 11.6 Å². The van der Waals surface area contributed by atoms with Gasteiger partial charge in [-0.1, -0.05) is 30.7 Å². The molecule has 7 rings (SSSR count). The van der Waals surface area contributed by atoms with Crippen LogP contribution in [0.3, 0.4) is 0 Å². The third-order valence-electron chi connectivity index (χ3n) is 11.9. The van der Waals surface area contributed by atoms with Crippen LogP contribution in [0.2, 0.25) is 5.02 Å². The molecular weight excluding hydrogens is 752 g/mol. The standard InChI is InChI=1S/C38H45ClF4N4O6S/c1-23-7-11-30(40)34(36(49)45-15-16-52-33(20-45)38(41,42)43)47-14-4-6-28(47)19-46-21-37(13-3-5-25-17-27(39)9-10-29(25)37)22-53-32-12-8-26(18-31(32)46)35(48)44-54(50,51)24(23)2/h8-12,17-18,23-24,28,33-34H,3-7,13-16,19-22H2,1-2H3,(H,44,48)/b30-11-/t23-,24+,28-,33?,34+,37-/m0/s1. The van der Waals surface area contributed by atoms with Crippen molar-refractivity contribution in [2.75, 3.05) is 50.8 Å². The van der Waals surface area contributed by atoms with Crippen molar-refractivity contribution in [1.82, 2.24) is 14.5 Å². The van der Waals surface area contributed by atoms with E-state index in [0.29, 0.717) is 49.0 Å².